The van der Waals surface area contributed by atoms with Crippen molar-refractivity contribution in [3.63, 3.8) is 0 Å². The van der Waals surface area contributed by atoms with Crippen molar-refractivity contribution in [2.45, 2.75) is 0 Å². The molecule has 1 aromatic carbocycles. The van der Waals surface area contributed by atoms with Gasteiger partial charge in [-0.05, 0) is 23.7 Å². The summed E-state index contributed by atoms with van der Waals surface area (Å²) in [6.45, 7) is 0.0217. The van der Waals surface area contributed by atoms with Crippen LogP contribution in [-0.2, 0) is 4.79 Å². The van der Waals surface area contributed by atoms with Gasteiger partial charge in [0, 0.05) is 10.6 Å². The van der Waals surface area contributed by atoms with Gasteiger partial charge in [0.15, 0.2) is 6.61 Å². The van der Waals surface area contributed by atoms with Crippen LogP contribution in [0.15, 0.2) is 23.3 Å². The van der Waals surface area contributed by atoms with Crippen LogP contribution in [0.2, 0.25) is 0 Å². The highest BCUT2D eigenvalue weighted by atomic mass is 16.5. The van der Waals surface area contributed by atoms with Crippen molar-refractivity contribution in [3.05, 3.63) is 28.6 Å². The van der Waals surface area contributed by atoms with Crippen LogP contribution < -0.4 is 10.1 Å². The third-order valence-electron chi connectivity index (χ3n) is 1.76. The minimum atomic E-state index is -0.212. The van der Waals surface area contributed by atoms with E-state index in [2.05, 4.69) is 15.3 Å². The number of fused-ring (bicyclic) bond motifs is 1. The van der Waals surface area contributed by atoms with Crippen molar-refractivity contribution < 1.29 is 9.53 Å². The van der Waals surface area contributed by atoms with Gasteiger partial charge in [-0.1, -0.05) is 5.11 Å². The molecule has 0 radical (unpaired) electrons. The summed E-state index contributed by atoms with van der Waals surface area (Å²) < 4.78 is 5.12. The van der Waals surface area contributed by atoms with Gasteiger partial charge in [-0.25, -0.2) is 0 Å². The Kier molecular flexibility index (Phi) is 1.96. The SMILES string of the molecule is [N-]=[N+]=Nc1ccc2c(c1)NC(=O)CO2. The molecule has 6 nitrogen and oxygen atoms in total. The molecule has 0 bridgehead atoms. The van der Waals surface area contributed by atoms with Crippen molar-refractivity contribution in [2.24, 2.45) is 5.11 Å². The standard InChI is InChI=1S/C8H6N4O2/c9-12-11-5-1-2-7-6(3-5)10-8(13)4-14-7/h1-3H,4H2,(H,10,13). The minimum absolute atomic E-state index is 0.0217. The third-order valence-corrected chi connectivity index (χ3v) is 1.76. The predicted octanol–water partition coefficient (Wildman–Crippen LogP) is 1.96. The van der Waals surface area contributed by atoms with Crippen LogP contribution in [0.4, 0.5) is 11.4 Å². The lowest BCUT2D eigenvalue weighted by Crippen LogP contribution is -2.25. The first-order valence-corrected chi connectivity index (χ1v) is 3.91. The fourth-order valence-corrected chi connectivity index (χ4v) is 1.18. The van der Waals surface area contributed by atoms with Crippen molar-refractivity contribution in [2.75, 3.05) is 11.9 Å². The second-order valence-corrected chi connectivity index (χ2v) is 2.71. The van der Waals surface area contributed by atoms with Crippen molar-refractivity contribution in [1.82, 2.24) is 0 Å². The van der Waals surface area contributed by atoms with Gasteiger partial charge in [-0.15, -0.1) is 0 Å². The van der Waals surface area contributed by atoms with E-state index >= 15 is 0 Å². The smallest absolute Gasteiger partial charge is 0.262 e. The Hall–Kier alpha value is -2.20. The van der Waals surface area contributed by atoms with Crippen molar-refractivity contribution >= 4 is 17.3 Å². The topological polar surface area (TPSA) is 87.1 Å². The van der Waals surface area contributed by atoms with E-state index in [1.54, 1.807) is 18.2 Å². The number of anilines is 1. The largest absolute Gasteiger partial charge is 0.482 e. The molecule has 0 saturated heterocycles. The molecule has 0 saturated carbocycles. The van der Waals surface area contributed by atoms with E-state index in [4.69, 9.17) is 10.3 Å². The first-order valence-electron chi connectivity index (χ1n) is 3.91. The summed E-state index contributed by atoms with van der Waals surface area (Å²) in [7, 11) is 0. The highest BCUT2D eigenvalue weighted by Crippen LogP contribution is 2.31. The molecule has 1 aliphatic rings. The van der Waals surface area contributed by atoms with Gasteiger partial charge < -0.3 is 10.1 Å². The second kappa shape index (κ2) is 3.27. The van der Waals surface area contributed by atoms with Crippen LogP contribution in [-0.4, -0.2) is 12.5 Å². The minimum Gasteiger partial charge on any atom is -0.482 e. The Balaban J connectivity index is 2.42. The molecule has 0 unspecified atom stereocenters. The molecular formula is C8H6N4O2. The third kappa shape index (κ3) is 1.46. The predicted molar refractivity (Wildman–Crippen MR) is 49.4 cm³/mol. The first kappa shape index (κ1) is 8.40. The van der Waals surface area contributed by atoms with Crippen LogP contribution in [0.1, 0.15) is 0 Å². The van der Waals surface area contributed by atoms with Crippen LogP contribution in [0.5, 0.6) is 5.75 Å². The van der Waals surface area contributed by atoms with E-state index in [0.717, 1.165) is 0 Å². The average molecular weight is 190 g/mol. The molecule has 0 fully saturated rings. The van der Waals surface area contributed by atoms with E-state index in [1.807, 2.05) is 0 Å². The van der Waals surface area contributed by atoms with E-state index in [1.165, 1.54) is 0 Å². The van der Waals surface area contributed by atoms with E-state index in [0.29, 0.717) is 17.1 Å². The molecule has 0 aliphatic carbocycles. The number of carbonyl (C=O) groups is 1. The van der Waals surface area contributed by atoms with Gasteiger partial charge >= 0.3 is 0 Å². The monoisotopic (exact) mass is 190 g/mol. The Morgan fingerprint density at radius 1 is 1.57 bits per heavy atom. The maximum absolute atomic E-state index is 11.0. The number of azide groups is 1. The summed E-state index contributed by atoms with van der Waals surface area (Å²) in [4.78, 5) is 13.6. The Morgan fingerprint density at radius 2 is 2.43 bits per heavy atom. The quantitative estimate of drug-likeness (QED) is 0.416. The van der Waals surface area contributed by atoms with Gasteiger partial charge in [0.1, 0.15) is 5.75 Å². The molecule has 0 spiro atoms. The normalized spacial score (nSPS) is 13.3. The second-order valence-electron chi connectivity index (χ2n) is 2.71. The van der Waals surface area contributed by atoms with E-state index in [9.17, 15) is 4.79 Å². The average Bonchev–Trinajstić information content (AvgIpc) is 2.17. The number of benzene rings is 1. The van der Waals surface area contributed by atoms with Crippen molar-refractivity contribution in [3.8, 4) is 5.75 Å². The molecule has 14 heavy (non-hydrogen) atoms. The van der Waals surface area contributed by atoms with Gasteiger partial charge in [-0.3, -0.25) is 4.79 Å². The first-order chi connectivity index (χ1) is 6.79. The molecule has 2 rings (SSSR count). The zero-order valence-corrected chi connectivity index (χ0v) is 7.10. The number of nitrogens with one attached hydrogen (secondary N) is 1. The van der Waals surface area contributed by atoms with Crippen molar-refractivity contribution in [1.29, 1.82) is 0 Å². The molecule has 1 aromatic rings. The molecule has 0 aromatic heterocycles. The molecule has 6 heteroatoms. The number of ether oxygens (including phenoxy) is 1. The molecule has 1 aliphatic heterocycles. The van der Waals surface area contributed by atoms with Gasteiger partial charge in [0.2, 0.25) is 0 Å². The van der Waals surface area contributed by atoms with Crippen LogP contribution in [0.3, 0.4) is 0 Å². The molecule has 70 valence electrons. The summed E-state index contributed by atoms with van der Waals surface area (Å²) >= 11 is 0. The molecule has 1 heterocycles. The number of rotatable bonds is 1. The van der Waals surface area contributed by atoms with E-state index in [-0.39, 0.29) is 12.5 Å². The summed E-state index contributed by atoms with van der Waals surface area (Å²) in [5.41, 5.74) is 9.19. The summed E-state index contributed by atoms with van der Waals surface area (Å²) in [6, 6.07) is 4.83. The summed E-state index contributed by atoms with van der Waals surface area (Å²) in [6.07, 6.45) is 0. The zero-order chi connectivity index (χ0) is 9.97. The van der Waals surface area contributed by atoms with Crippen LogP contribution >= 0.6 is 0 Å². The van der Waals surface area contributed by atoms with Crippen LogP contribution in [0.25, 0.3) is 10.4 Å². The highest BCUT2D eigenvalue weighted by Gasteiger charge is 2.15. The molecule has 1 N–H and O–H groups in total. The highest BCUT2D eigenvalue weighted by molar-refractivity contribution is 5.95. The van der Waals surface area contributed by atoms with E-state index < -0.39 is 0 Å². The molecule has 1 amide bonds. The number of nitrogens with zero attached hydrogens (tertiary/aromatic N) is 3. The number of carbonyl (C=O) groups excluding carboxylic acids is 1. The molecular weight excluding hydrogens is 184 g/mol. The zero-order valence-electron chi connectivity index (χ0n) is 7.10. The number of hydrogen-bond donors (Lipinski definition) is 1. The number of amides is 1. The van der Waals surface area contributed by atoms with Gasteiger partial charge in [0.25, 0.3) is 5.91 Å². The Labute approximate surface area is 79.1 Å². The Morgan fingerprint density at radius 3 is 3.21 bits per heavy atom. The number of hydrogen-bond acceptors (Lipinski definition) is 3. The van der Waals surface area contributed by atoms with Gasteiger partial charge in [0.05, 0.1) is 5.69 Å². The van der Waals surface area contributed by atoms with Gasteiger partial charge in [-0.2, -0.15) is 0 Å². The lowest BCUT2D eigenvalue weighted by molar-refractivity contribution is -0.118. The lowest BCUT2D eigenvalue weighted by Gasteiger charge is -2.17. The summed E-state index contributed by atoms with van der Waals surface area (Å²) in [5, 5.41) is 6.02. The maximum atomic E-state index is 11.0. The summed E-state index contributed by atoms with van der Waals surface area (Å²) in [5.74, 6) is 0.372. The van der Waals surface area contributed by atoms with Crippen LogP contribution in [0, 0.1) is 0 Å². The lowest BCUT2D eigenvalue weighted by atomic mass is 10.2. The fourth-order valence-electron chi connectivity index (χ4n) is 1.18. The Bertz CT molecular complexity index is 437. The maximum Gasteiger partial charge on any atom is 0.262 e. The molecule has 0 atom stereocenters. The fraction of sp³-hybridized carbons (Fsp3) is 0.125.